The number of hydrogen-bond acceptors (Lipinski definition) is 5. The third kappa shape index (κ3) is 18.9. The van der Waals surface area contributed by atoms with Crippen LogP contribution in [-0.4, -0.2) is 42.0 Å². The number of nitrogens with two attached hydrogens (primary N) is 1. The molecule has 0 saturated heterocycles. The van der Waals surface area contributed by atoms with Gasteiger partial charge in [-0.25, -0.2) is 14.2 Å². The molecule has 0 saturated carbocycles. The Morgan fingerprint density at radius 1 is 1.40 bits per heavy atom. The van der Waals surface area contributed by atoms with Crippen LogP contribution in [0.3, 0.4) is 0 Å². The van der Waals surface area contributed by atoms with Crippen molar-refractivity contribution in [3.8, 4) is 0 Å². The van der Waals surface area contributed by atoms with Crippen molar-refractivity contribution in [3.63, 3.8) is 0 Å². The minimum Gasteiger partial charge on any atom is -0.569 e. The molecule has 0 radical (unpaired) electrons. The van der Waals surface area contributed by atoms with Crippen molar-refractivity contribution >= 4 is 5.91 Å². The predicted molar refractivity (Wildman–Crippen MR) is 49.2 cm³/mol. The maximum Gasteiger partial charge on any atom is 0.219 e. The van der Waals surface area contributed by atoms with Gasteiger partial charge in [0.1, 0.15) is 0 Å². The monoisotopic (exact) mass is 474 g/mol. The van der Waals surface area contributed by atoms with Crippen molar-refractivity contribution in [2.24, 2.45) is 5.73 Å². The van der Waals surface area contributed by atoms with Gasteiger partial charge in [-0.15, -0.1) is 0 Å². The van der Waals surface area contributed by atoms with Crippen LogP contribution >= 0.6 is 0 Å². The van der Waals surface area contributed by atoms with E-state index in [9.17, 15) is 4.79 Å². The van der Waals surface area contributed by atoms with Gasteiger partial charge in [0.2, 0.25) is 5.91 Å². The molecule has 6 nitrogen and oxygen atoms in total. The zero-order valence-electron chi connectivity index (χ0n) is 8.72. The van der Waals surface area contributed by atoms with E-state index in [0.29, 0.717) is 0 Å². The molecule has 0 rings (SSSR count). The van der Waals surface area contributed by atoms with E-state index in [0.717, 1.165) is 0 Å². The normalized spacial score (nSPS) is 10.7. The maximum absolute atomic E-state index is 10.2. The Balaban J connectivity index is -0.000000449. The summed E-state index contributed by atoms with van der Waals surface area (Å²) in [6.07, 6.45) is -0.534. The fourth-order valence-electron chi connectivity index (χ4n) is 0.576. The van der Waals surface area contributed by atoms with Crippen molar-refractivity contribution in [2.45, 2.75) is 12.5 Å². The summed E-state index contributed by atoms with van der Waals surface area (Å²) in [5.41, 5.74) is 4.85. The first kappa shape index (κ1) is 19.0. The topological polar surface area (TPSA) is 102 Å². The summed E-state index contributed by atoms with van der Waals surface area (Å²) in [7, 11) is 5.34. The van der Waals surface area contributed by atoms with E-state index in [1.54, 1.807) is 0 Å². The van der Waals surface area contributed by atoms with Crippen LogP contribution in [0.1, 0.15) is 6.42 Å². The van der Waals surface area contributed by atoms with E-state index in [1.807, 2.05) is 0 Å². The molecule has 0 aliphatic carbocycles. The number of carbonyl (C=O) groups is 1. The van der Waals surface area contributed by atoms with Crippen LogP contribution in [-0.2, 0) is 14.3 Å². The molecule has 1 unspecified atom stereocenters. The van der Waals surface area contributed by atoms with Gasteiger partial charge in [0.05, 0.1) is 19.3 Å². The van der Waals surface area contributed by atoms with Crippen molar-refractivity contribution < 1.29 is 24.5 Å². The molecule has 7 heteroatoms. The molecule has 0 aromatic carbocycles. The summed E-state index contributed by atoms with van der Waals surface area (Å²) in [4.78, 5) is 10.2. The summed E-state index contributed by atoms with van der Waals surface area (Å²) in [5.74, 6) is -0.419. The molecular weight excluding hydrogens is 457 g/mol. The molecule has 0 aromatic rings. The number of rotatable bonds is 7. The first-order chi connectivity index (χ1) is 6.66. The van der Waals surface area contributed by atoms with E-state index < -0.39 is 12.0 Å². The number of amides is 1. The molecular formula is C8H17NO5Rf-2. The molecule has 88 valence electrons. The molecule has 0 heterocycles. The van der Waals surface area contributed by atoms with E-state index in [2.05, 4.69) is 19.0 Å². The quantitative estimate of drug-likeness (QED) is 0.332. The Morgan fingerprint density at radius 2 is 1.93 bits per heavy atom. The Labute approximate surface area is 83.6 Å². The predicted octanol–water partition coefficient (Wildman–Crippen LogP) is -0.802. The third-order valence-corrected chi connectivity index (χ3v) is 1.11. The fourth-order valence-corrected chi connectivity index (χ4v) is 0.576. The number of hydrogen-bond donors (Lipinski definition) is 3. The molecule has 0 aliphatic rings. The average molecular weight is 474 g/mol. The van der Waals surface area contributed by atoms with Crippen LogP contribution in [0.5, 0.6) is 0 Å². The number of ether oxygens (including phenoxy) is 2. The van der Waals surface area contributed by atoms with Crippen LogP contribution in [0.2, 0.25) is 0 Å². The van der Waals surface area contributed by atoms with Gasteiger partial charge in [0.25, 0.3) is 0 Å². The number of aliphatic hydroxyl groups excluding tert-OH is 2. The number of carbonyl (C=O) groups excluding carboxylic acids is 1. The van der Waals surface area contributed by atoms with Crippen LogP contribution < -0.4 is 5.73 Å². The summed E-state index contributed by atoms with van der Waals surface area (Å²) < 4.78 is 9.31. The van der Waals surface area contributed by atoms with Crippen LogP contribution in [0.4, 0.5) is 0 Å². The Bertz CT molecular complexity index is 136. The van der Waals surface area contributed by atoms with Crippen molar-refractivity contribution in [3.05, 3.63) is 14.2 Å². The second-order valence-corrected chi connectivity index (χ2v) is 2.32. The molecule has 0 aliphatic heterocycles. The SMILES string of the molecule is [CH2-]O.[CH2-]OCC(O)COCCC(N)=O.[Rf]. The molecule has 1 amide bonds. The largest absolute Gasteiger partial charge is 0.569 e. The first-order valence-electron chi connectivity index (χ1n) is 3.89. The van der Waals surface area contributed by atoms with Crippen molar-refractivity contribution in [1.29, 1.82) is 0 Å². The summed E-state index contributed by atoms with van der Waals surface area (Å²) in [6.45, 7) is 0.475. The van der Waals surface area contributed by atoms with Crippen LogP contribution in [0.25, 0.3) is 0 Å². The van der Waals surface area contributed by atoms with Gasteiger partial charge in [-0.1, -0.05) is 0 Å². The van der Waals surface area contributed by atoms with Crippen LogP contribution in [0.15, 0.2) is 0 Å². The number of primary amides is 1. The molecule has 0 fully saturated rings. The molecule has 4 N–H and O–H groups in total. The van der Waals surface area contributed by atoms with E-state index >= 15 is 0 Å². The minimum atomic E-state index is -0.699. The average Bonchev–Trinajstić information content (AvgIpc) is 2.16. The molecule has 1 atom stereocenters. The van der Waals surface area contributed by atoms with Crippen molar-refractivity contribution in [2.75, 3.05) is 19.8 Å². The molecule has 0 bridgehead atoms. The Hall–Kier alpha value is -1.69. The number of aliphatic hydroxyl groups is 2. The second kappa shape index (κ2) is 14.8. The zero-order valence-corrected chi connectivity index (χ0v) is 15.1. The fraction of sp³-hybridized carbons (Fsp3) is 0.625. The van der Waals surface area contributed by atoms with E-state index in [-0.39, 0.29) is 26.2 Å². The van der Waals surface area contributed by atoms with Gasteiger partial charge in [-0.3, -0.25) is 4.79 Å². The Morgan fingerprint density at radius 3 is 2.33 bits per heavy atom. The Kier molecular flexibility index (Phi) is 18.7. The van der Waals surface area contributed by atoms with E-state index in [1.165, 1.54) is 0 Å². The van der Waals surface area contributed by atoms with Gasteiger partial charge in [-0.2, -0.15) is 0 Å². The van der Waals surface area contributed by atoms with Gasteiger partial charge >= 0.3 is 0 Å². The minimum absolute atomic E-state index is 0. The molecule has 15 heavy (non-hydrogen) atoms. The van der Waals surface area contributed by atoms with Gasteiger partial charge in [0, 0.05) is 13.0 Å². The third-order valence-electron chi connectivity index (χ3n) is 1.11. The van der Waals surface area contributed by atoms with Crippen molar-refractivity contribution in [1.82, 2.24) is 0 Å². The smallest absolute Gasteiger partial charge is 0.219 e. The van der Waals surface area contributed by atoms with Crippen LogP contribution in [0, 0.1) is 14.2 Å². The first-order valence-corrected chi connectivity index (χ1v) is 3.89. The molecule has 0 spiro atoms. The second-order valence-electron chi connectivity index (χ2n) is 2.32. The van der Waals surface area contributed by atoms with Gasteiger partial charge in [-0.05, 0) is 0 Å². The zero-order chi connectivity index (χ0) is 11.4. The summed E-state index contributed by atoms with van der Waals surface area (Å²) in [5, 5.41) is 15.8. The van der Waals surface area contributed by atoms with Gasteiger partial charge < -0.3 is 25.4 Å². The van der Waals surface area contributed by atoms with Gasteiger partial charge in [0.15, 0.2) is 0 Å². The summed E-state index contributed by atoms with van der Waals surface area (Å²) >= 11 is 0. The maximum atomic E-state index is 10.2. The summed E-state index contributed by atoms with van der Waals surface area (Å²) in [6, 6.07) is 0. The molecule has 0 aromatic heterocycles. The van der Waals surface area contributed by atoms with E-state index in [4.69, 9.17) is 20.7 Å². The standard InChI is InChI=1S/C7H14NO4.CH3O.Rf/c1-11-4-6(9)5-12-3-2-7(8)10;1-2;/h6,9H,1-5H2,(H2,8,10);2H,1H2;/q2*-1;.